The first-order valence-corrected chi connectivity index (χ1v) is 6.61. The summed E-state index contributed by atoms with van der Waals surface area (Å²) >= 11 is 0. The zero-order valence-corrected chi connectivity index (χ0v) is 11.5. The monoisotopic (exact) mass is 278 g/mol. The highest BCUT2D eigenvalue weighted by Crippen LogP contribution is 2.37. The SMILES string of the molecule is COC(=O)c1cc(O)c2ccccc2c1-c1ccccc1. The van der Waals surface area contributed by atoms with Gasteiger partial charge in [-0.05, 0) is 17.0 Å². The van der Waals surface area contributed by atoms with Crippen LogP contribution in [0.3, 0.4) is 0 Å². The Balaban J connectivity index is 2.43. The molecule has 3 heteroatoms. The van der Waals surface area contributed by atoms with Gasteiger partial charge in [-0.3, -0.25) is 0 Å². The Labute approximate surface area is 122 Å². The van der Waals surface area contributed by atoms with Gasteiger partial charge in [-0.25, -0.2) is 4.79 Å². The minimum Gasteiger partial charge on any atom is -0.507 e. The molecule has 104 valence electrons. The van der Waals surface area contributed by atoms with Crippen LogP contribution in [0, 0.1) is 0 Å². The van der Waals surface area contributed by atoms with Crippen molar-refractivity contribution in [1.82, 2.24) is 0 Å². The zero-order chi connectivity index (χ0) is 14.8. The molecule has 0 aliphatic heterocycles. The quantitative estimate of drug-likeness (QED) is 0.721. The fraction of sp³-hybridized carbons (Fsp3) is 0.0556. The summed E-state index contributed by atoms with van der Waals surface area (Å²) in [7, 11) is 1.34. The van der Waals surface area contributed by atoms with E-state index in [0.717, 1.165) is 16.5 Å². The third-order valence-electron chi connectivity index (χ3n) is 3.49. The van der Waals surface area contributed by atoms with Gasteiger partial charge < -0.3 is 9.84 Å². The van der Waals surface area contributed by atoms with Gasteiger partial charge in [0.15, 0.2) is 0 Å². The highest BCUT2D eigenvalue weighted by atomic mass is 16.5. The van der Waals surface area contributed by atoms with Gasteiger partial charge in [0, 0.05) is 10.9 Å². The minimum atomic E-state index is -0.463. The molecule has 21 heavy (non-hydrogen) atoms. The summed E-state index contributed by atoms with van der Waals surface area (Å²) in [6.07, 6.45) is 0. The van der Waals surface area contributed by atoms with E-state index in [1.54, 1.807) is 0 Å². The summed E-state index contributed by atoms with van der Waals surface area (Å²) in [5.41, 5.74) is 2.05. The summed E-state index contributed by atoms with van der Waals surface area (Å²) < 4.78 is 4.85. The van der Waals surface area contributed by atoms with Crippen LogP contribution < -0.4 is 0 Å². The molecular formula is C18H14O3. The number of carbonyl (C=O) groups excluding carboxylic acids is 1. The fourth-order valence-corrected chi connectivity index (χ4v) is 2.54. The standard InChI is InChI=1S/C18H14O3/c1-21-18(20)15-11-16(19)13-9-5-6-10-14(13)17(15)12-7-3-2-4-8-12/h2-11,19H,1H3. The van der Waals surface area contributed by atoms with Crippen LogP contribution in [0.15, 0.2) is 60.7 Å². The summed E-state index contributed by atoms with van der Waals surface area (Å²) in [5.74, 6) is -0.388. The topological polar surface area (TPSA) is 46.5 Å². The van der Waals surface area contributed by atoms with Crippen LogP contribution in [0.2, 0.25) is 0 Å². The van der Waals surface area contributed by atoms with Crippen LogP contribution in [0.1, 0.15) is 10.4 Å². The van der Waals surface area contributed by atoms with E-state index in [1.807, 2.05) is 54.6 Å². The maximum absolute atomic E-state index is 12.1. The molecule has 0 heterocycles. The van der Waals surface area contributed by atoms with Crippen molar-refractivity contribution >= 4 is 16.7 Å². The molecule has 0 aromatic heterocycles. The number of hydrogen-bond acceptors (Lipinski definition) is 3. The highest BCUT2D eigenvalue weighted by molar-refractivity contribution is 6.10. The lowest BCUT2D eigenvalue weighted by Gasteiger charge is -2.13. The molecule has 0 unspecified atom stereocenters. The number of rotatable bonds is 2. The van der Waals surface area contributed by atoms with E-state index in [1.165, 1.54) is 13.2 Å². The first-order valence-electron chi connectivity index (χ1n) is 6.61. The predicted octanol–water partition coefficient (Wildman–Crippen LogP) is 4.00. The van der Waals surface area contributed by atoms with Gasteiger partial charge in [0.05, 0.1) is 12.7 Å². The Morgan fingerprint density at radius 2 is 1.57 bits per heavy atom. The van der Waals surface area contributed by atoms with E-state index in [2.05, 4.69) is 0 Å². The molecule has 0 saturated heterocycles. The lowest BCUT2D eigenvalue weighted by atomic mass is 9.92. The second kappa shape index (κ2) is 5.29. The van der Waals surface area contributed by atoms with Gasteiger partial charge in [0.25, 0.3) is 0 Å². The number of methoxy groups -OCH3 is 1. The number of hydrogen-bond donors (Lipinski definition) is 1. The first kappa shape index (κ1) is 13.2. The van der Waals surface area contributed by atoms with Crippen molar-refractivity contribution in [2.24, 2.45) is 0 Å². The molecule has 0 radical (unpaired) electrons. The molecule has 1 N–H and O–H groups in total. The highest BCUT2D eigenvalue weighted by Gasteiger charge is 2.18. The molecule has 0 aliphatic rings. The van der Waals surface area contributed by atoms with Crippen LogP contribution in [0.4, 0.5) is 0 Å². The lowest BCUT2D eigenvalue weighted by molar-refractivity contribution is 0.0601. The second-order valence-electron chi connectivity index (χ2n) is 4.72. The van der Waals surface area contributed by atoms with E-state index < -0.39 is 5.97 Å². The maximum atomic E-state index is 12.1. The average Bonchev–Trinajstić information content (AvgIpc) is 2.55. The number of fused-ring (bicyclic) bond motifs is 1. The Bertz CT molecular complexity index is 807. The number of carbonyl (C=O) groups is 1. The summed E-state index contributed by atoms with van der Waals surface area (Å²) in [6, 6.07) is 18.6. The van der Waals surface area contributed by atoms with Gasteiger partial charge in [-0.15, -0.1) is 0 Å². The number of benzene rings is 3. The Morgan fingerprint density at radius 3 is 2.24 bits per heavy atom. The molecule has 3 aromatic carbocycles. The molecule has 0 saturated carbocycles. The zero-order valence-electron chi connectivity index (χ0n) is 11.5. The molecule has 0 aliphatic carbocycles. The van der Waals surface area contributed by atoms with Crippen LogP contribution >= 0.6 is 0 Å². The molecule has 3 nitrogen and oxygen atoms in total. The normalized spacial score (nSPS) is 10.5. The molecule has 0 amide bonds. The van der Waals surface area contributed by atoms with E-state index in [0.29, 0.717) is 10.9 Å². The molecule has 0 fully saturated rings. The number of ether oxygens (including phenoxy) is 1. The number of aromatic hydroxyl groups is 1. The smallest absolute Gasteiger partial charge is 0.338 e. The molecule has 3 aromatic rings. The van der Waals surface area contributed by atoms with Gasteiger partial charge in [-0.2, -0.15) is 0 Å². The van der Waals surface area contributed by atoms with Crippen LogP contribution in [0.25, 0.3) is 21.9 Å². The molecular weight excluding hydrogens is 264 g/mol. The maximum Gasteiger partial charge on any atom is 0.338 e. The molecule has 0 atom stereocenters. The van der Waals surface area contributed by atoms with Crippen molar-refractivity contribution in [1.29, 1.82) is 0 Å². The number of esters is 1. The lowest BCUT2D eigenvalue weighted by Crippen LogP contribution is -2.04. The van der Waals surface area contributed by atoms with Crippen LogP contribution in [-0.2, 0) is 4.74 Å². The van der Waals surface area contributed by atoms with Gasteiger partial charge in [0.1, 0.15) is 5.75 Å². The Morgan fingerprint density at radius 1 is 0.952 bits per heavy atom. The molecule has 0 bridgehead atoms. The van der Waals surface area contributed by atoms with Crippen molar-refractivity contribution in [3.8, 4) is 16.9 Å². The summed E-state index contributed by atoms with van der Waals surface area (Å²) in [5, 5.41) is 11.7. The fourth-order valence-electron chi connectivity index (χ4n) is 2.54. The van der Waals surface area contributed by atoms with E-state index >= 15 is 0 Å². The van der Waals surface area contributed by atoms with Crippen molar-refractivity contribution < 1.29 is 14.6 Å². The number of phenols is 1. The van der Waals surface area contributed by atoms with Gasteiger partial charge in [0.2, 0.25) is 0 Å². The minimum absolute atomic E-state index is 0.0747. The summed E-state index contributed by atoms with van der Waals surface area (Å²) in [4.78, 5) is 12.1. The largest absolute Gasteiger partial charge is 0.507 e. The Hall–Kier alpha value is -2.81. The van der Waals surface area contributed by atoms with E-state index in [9.17, 15) is 9.90 Å². The van der Waals surface area contributed by atoms with E-state index in [4.69, 9.17) is 4.74 Å². The van der Waals surface area contributed by atoms with Crippen LogP contribution in [-0.4, -0.2) is 18.2 Å². The molecule has 0 spiro atoms. The van der Waals surface area contributed by atoms with Crippen molar-refractivity contribution in [3.63, 3.8) is 0 Å². The van der Waals surface area contributed by atoms with Crippen molar-refractivity contribution in [3.05, 3.63) is 66.2 Å². The van der Waals surface area contributed by atoms with Crippen molar-refractivity contribution in [2.45, 2.75) is 0 Å². The third-order valence-corrected chi connectivity index (χ3v) is 3.49. The van der Waals surface area contributed by atoms with Crippen LogP contribution in [0.5, 0.6) is 5.75 Å². The Kier molecular flexibility index (Phi) is 3.32. The predicted molar refractivity (Wildman–Crippen MR) is 82.4 cm³/mol. The second-order valence-corrected chi connectivity index (χ2v) is 4.72. The summed E-state index contributed by atoms with van der Waals surface area (Å²) in [6.45, 7) is 0. The average molecular weight is 278 g/mol. The van der Waals surface area contributed by atoms with Gasteiger partial charge >= 0.3 is 5.97 Å². The molecule has 3 rings (SSSR count). The third kappa shape index (κ3) is 2.23. The van der Waals surface area contributed by atoms with Gasteiger partial charge in [-0.1, -0.05) is 54.6 Å². The van der Waals surface area contributed by atoms with E-state index in [-0.39, 0.29) is 5.75 Å². The van der Waals surface area contributed by atoms with Crippen molar-refractivity contribution in [2.75, 3.05) is 7.11 Å². The number of phenolic OH excluding ortho intramolecular Hbond substituents is 1. The first-order chi connectivity index (χ1) is 10.2.